The fourth-order valence-corrected chi connectivity index (χ4v) is 3.06. The van der Waals surface area contributed by atoms with Crippen molar-refractivity contribution in [2.24, 2.45) is 0 Å². The van der Waals surface area contributed by atoms with Crippen molar-refractivity contribution in [1.29, 1.82) is 0 Å². The van der Waals surface area contributed by atoms with Gasteiger partial charge in [0.05, 0.1) is 0 Å². The Morgan fingerprint density at radius 2 is 1.88 bits per heavy atom. The zero-order chi connectivity index (χ0) is 17.4. The third kappa shape index (κ3) is 4.95. The molecule has 2 rings (SSSR count). The maximum atomic E-state index is 12.4. The fourth-order valence-electron chi connectivity index (χ4n) is 3.06. The number of allylic oxidation sites excluding steroid dienone is 1. The zero-order valence-corrected chi connectivity index (χ0v) is 14.8. The topological polar surface area (TPSA) is 49.4 Å². The molecule has 0 saturated heterocycles. The second-order valence-electron chi connectivity index (χ2n) is 6.17. The predicted octanol–water partition coefficient (Wildman–Crippen LogP) is 3.79. The first-order valence-corrected chi connectivity index (χ1v) is 9.01. The molecule has 0 aliphatic heterocycles. The zero-order valence-electron chi connectivity index (χ0n) is 14.8. The fraction of sp³-hybridized carbons (Fsp3) is 0.500. The Morgan fingerprint density at radius 3 is 2.54 bits per heavy atom. The summed E-state index contributed by atoms with van der Waals surface area (Å²) < 4.78 is 0. The molecule has 1 aromatic rings. The second kappa shape index (κ2) is 9.26. The minimum absolute atomic E-state index is 0.0259. The van der Waals surface area contributed by atoms with Crippen LogP contribution >= 0.6 is 0 Å². The summed E-state index contributed by atoms with van der Waals surface area (Å²) in [5, 5.41) is 2.96. The van der Waals surface area contributed by atoms with Crippen molar-refractivity contribution in [3.8, 4) is 0 Å². The van der Waals surface area contributed by atoms with Gasteiger partial charge in [0.25, 0.3) is 11.8 Å². The van der Waals surface area contributed by atoms with E-state index < -0.39 is 0 Å². The van der Waals surface area contributed by atoms with E-state index in [0.29, 0.717) is 30.8 Å². The van der Waals surface area contributed by atoms with Crippen LogP contribution in [0.5, 0.6) is 0 Å². The first kappa shape index (κ1) is 18.2. The molecule has 1 aliphatic rings. The molecule has 0 heterocycles. The highest BCUT2D eigenvalue weighted by atomic mass is 16.2. The number of nitrogens with zero attached hydrogens (tertiary/aromatic N) is 1. The smallest absolute Gasteiger partial charge is 0.253 e. The van der Waals surface area contributed by atoms with E-state index in [1.54, 1.807) is 29.2 Å². The maximum Gasteiger partial charge on any atom is 0.253 e. The molecule has 24 heavy (non-hydrogen) atoms. The molecule has 1 N–H and O–H groups in total. The molecule has 4 nitrogen and oxygen atoms in total. The second-order valence-corrected chi connectivity index (χ2v) is 6.17. The average molecular weight is 328 g/mol. The van der Waals surface area contributed by atoms with Crippen LogP contribution in [-0.4, -0.2) is 36.3 Å². The minimum atomic E-state index is -0.111. The molecule has 4 heteroatoms. The summed E-state index contributed by atoms with van der Waals surface area (Å²) >= 11 is 0. The van der Waals surface area contributed by atoms with Crippen LogP contribution in [0.3, 0.4) is 0 Å². The van der Waals surface area contributed by atoms with Crippen LogP contribution in [0.2, 0.25) is 0 Å². The van der Waals surface area contributed by atoms with E-state index in [0.717, 1.165) is 12.8 Å². The van der Waals surface area contributed by atoms with E-state index in [1.807, 2.05) is 13.8 Å². The van der Waals surface area contributed by atoms with Crippen LogP contribution in [0.4, 0.5) is 0 Å². The molecular weight excluding hydrogens is 300 g/mol. The minimum Gasteiger partial charge on any atom is -0.352 e. The van der Waals surface area contributed by atoms with Gasteiger partial charge in [-0.2, -0.15) is 0 Å². The third-order valence-corrected chi connectivity index (χ3v) is 4.54. The molecule has 0 radical (unpaired) electrons. The lowest BCUT2D eigenvalue weighted by molar-refractivity contribution is 0.0773. The lowest BCUT2D eigenvalue weighted by atomic mass is 9.97. The number of benzene rings is 1. The number of rotatable bonds is 7. The summed E-state index contributed by atoms with van der Waals surface area (Å²) in [6.45, 7) is 5.90. The third-order valence-electron chi connectivity index (χ3n) is 4.54. The summed E-state index contributed by atoms with van der Waals surface area (Å²) in [7, 11) is 0. The highest BCUT2D eigenvalue weighted by Crippen LogP contribution is 2.19. The van der Waals surface area contributed by atoms with Crippen molar-refractivity contribution in [3.05, 3.63) is 47.0 Å². The molecule has 0 spiro atoms. The van der Waals surface area contributed by atoms with E-state index >= 15 is 0 Å². The van der Waals surface area contributed by atoms with Crippen molar-refractivity contribution in [1.82, 2.24) is 10.2 Å². The number of nitrogens with one attached hydrogen (secondary N) is 1. The van der Waals surface area contributed by atoms with Gasteiger partial charge in [0.15, 0.2) is 0 Å². The van der Waals surface area contributed by atoms with Gasteiger partial charge < -0.3 is 10.2 Å². The predicted molar refractivity (Wildman–Crippen MR) is 97.2 cm³/mol. The van der Waals surface area contributed by atoms with Crippen LogP contribution < -0.4 is 5.32 Å². The van der Waals surface area contributed by atoms with Crippen molar-refractivity contribution < 1.29 is 9.59 Å². The molecular formula is C20H28N2O2. The van der Waals surface area contributed by atoms with Gasteiger partial charge in [0.1, 0.15) is 0 Å². The molecule has 0 fully saturated rings. The Bertz CT molecular complexity index is 603. The van der Waals surface area contributed by atoms with Gasteiger partial charge >= 0.3 is 0 Å². The summed E-state index contributed by atoms with van der Waals surface area (Å²) in [6, 6.07) is 6.99. The van der Waals surface area contributed by atoms with Crippen LogP contribution in [0.15, 0.2) is 35.9 Å². The van der Waals surface area contributed by atoms with E-state index in [-0.39, 0.29) is 11.8 Å². The lowest BCUT2D eigenvalue weighted by Crippen LogP contribution is -2.31. The highest BCUT2D eigenvalue weighted by molar-refractivity contribution is 5.99. The van der Waals surface area contributed by atoms with Gasteiger partial charge in [-0.3, -0.25) is 9.59 Å². The number of hydrogen-bond acceptors (Lipinski definition) is 2. The Hall–Kier alpha value is -2.10. The Balaban J connectivity index is 1.93. The van der Waals surface area contributed by atoms with Gasteiger partial charge in [-0.05, 0) is 64.2 Å². The summed E-state index contributed by atoms with van der Waals surface area (Å²) in [4.78, 5) is 26.5. The molecule has 1 aromatic carbocycles. The summed E-state index contributed by atoms with van der Waals surface area (Å²) in [5.41, 5.74) is 2.57. The standard InChI is InChI=1S/C20H28N2O2/c1-3-22(4-2)20(24)18-12-8-11-17(15-18)19(23)21-14-13-16-9-6-5-7-10-16/h8-9,11-12,15H,3-7,10,13-14H2,1-2H3,(H,21,23). The van der Waals surface area contributed by atoms with E-state index in [4.69, 9.17) is 0 Å². The van der Waals surface area contributed by atoms with E-state index in [1.165, 1.54) is 24.8 Å². The van der Waals surface area contributed by atoms with Crippen molar-refractivity contribution in [2.75, 3.05) is 19.6 Å². The molecule has 0 atom stereocenters. The normalized spacial score (nSPS) is 14.0. The van der Waals surface area contributed by atoms with Gasteiger partial charge in [-0.15, -0.1) is 0 Å². The quantitative estimate of drug-likeness (QED) is 0.774. The molecule has 2 amide bonds. The largest absolute Gasteiger partial charge is 0.352 e. The number of amides is 2. The Labute approximate surface area is 144 Å². The van der Waals surface area contributed by atoms with Crippen molar-refractivity contribution in [3.63, 3.8) is 0 Å². The van der Waals surface area contributed by atoms with Crippen molar-refractivity contribution >= 4 is 11.8 Å². The monoisotopic (exact) mass is 328 g/mol. The van der Waals surface area contributed by atoms with Crippen LogP contribution in [0.1, 0.15) is 66.7 Å². The first-order chi connectivity index (χ1) is 11.7. The highest BCUT2D eigenvalue weighted by Gasteiger charge is 2.14. The SMILES string of the molecule is CCN(CC)C(=O)c1cccc(C(=O)NCCC2=CCCCC2)c1. The molecule has 130 valence electrons. The lowest BCUT2D eigenvalue weighted by Gasteiger charge is -2.19. The van der Waals surface area contributed by atoms with Crippen molar-refractivity contribution in [2.45, 2.75) is 46.0 Å². The molecule has 0 bridgehead atoms. The average Bonchev–Trinajstić information content (AvgIpc) is 2.63. The first-order valence-electron chi connectivity index (χ1n) is 9.01. The van der Waals surface area contributed by atoms with Gasteiger partial charge in [0, 0.05) is 30.8 Å². The van der Waals surface area contributed by atoms with Crippen LogP contribution in [-0.2, 0) is 0 Å². The van der Waals surface area contributed by atoms with Crippen LogP contribution in [0, 0.1) is 0 Å². The molecule has 0 saturated carbocycles. The molecule has 0 aromatic heterocycles. The summed E-state index contributed by atoms with van der Waals surface area (Å²) in [6.07, 6.45) is 8.09. The van der Waals surface area contributed by atoms with Crippen LogP contribution in [0.25, 0.3) is 0 Å². The Morgan fingerprint density at radius 1 is 1.12 bits per heavy atom. The van der Waals surface area contributed by atoms with Gasteiger partial charge in [-0.1, -0.05) is 17.7 Å². The number of carbonyl (C=O) groups is 2. The maximum absolute atomic E-state index is 12.4. The molecule has 0 unspecified atom stereocenters. The van der Waals surface area contributed by atoms with E-state index in [2.05, 4.69) is 11.4 Å². The van der Waals surface area contributed by atoms with Gasteiger partial charge in [-0.25, -0.2) is 0 Å². The number of hydrogen-bond donors (Lipinski definition) is 1. The molecule has 1 aliphatic carbocycles. The Kier molecular flexibility index (Phi) is 7.04. The number of carbonyl (C=O) groups excluding carboxylic acids is 2. The summed E-state index contributed by atoms with van der Waals surface area (Å²) in [5.74, 6) is -0.136. The van der Waals surface area contributed by atoms with E-state index in [9.17, 15) is 9.59 Å². The van der Waals surface area contributed by atoms with Gasteiger partial charge in [0.2, 0.25) is 0 Å².